The first-order chi connectivity index (χ1) is 11.0. The molecule has 0 radical (unpaired) electrons. The first-order valence-corrected chi connectivity index (χ1v) is 7.68. The van der Waals surface area contributed by atoms with Gasteiger partial charge in [-0.3, -0.25) is 9.59 Å². The average molecular weight is 324 g/mol. The maximum atomic E-state index is 11.5. The molecule has 6 nitrogen and oxygen atoms in total. The number of hydrogen-bond donors (Lipinski definition) is 0. The van der Waals surface area contributed by atoms with Crippen molar-refractivity contribution in [2.45, 2.75) is 27.2 Å². The van der Waals surface area contributed by atoms with E-state index in [1.165, 1.54) is 6.92 Å². The van der Waals surface area contributed by atoms with E-state index in [1.54, 1.807) is 24.3 Å². The van der Waals surface area contributed by atoms with Crippen molar-refractivity contribution in [3.05, 3.63) is 24.3 Å². The van der Waals surface area contributed by atoms with E-state index in [4.69, 9.17) is 18.9 Å². The summed E-state index contributed by atoms with van der Waals surface area (Å²) in [6.07, 6.45) is 0.763. The van der Waals surface area contributed by atoms with Crippen LogP contribution in [0.15, 0.2) is 24.3 Å². The average Bonchev–Trinajstić information content (AvgIpc) is 2.55. The number of ether oxygens (including phenoxy) is 4. The van der Waals surface area contributed by atoms with Crippen molar-refractivity contribution in [3.8, 4) is 11.5 Å². The summed E-state index contributed by atoms with van der Waals surface area (Å²) in [5.41, 5.74) is 0. The highest BCUT2D eigenvalue weighted by atomic mass is 16.6. The molecule has 0 heterocycles. The largest absolute Gasteiger partial charge is 0.490 e. The van der Waals surface area contributed by atoms with Gasteiger partial charge in [-0.2, -0.15) is 0 Å². The molecule has 1 aromatic rings. The minimum Gasteiger partial charge on any atom is -0.490 e. The van der Waals surface area contributed by atoms with E-state index in [-0.39, 0.29) is 31.1 Å². The van der Waals surface area contributed by atoms with Gasteiger partial charge in [0.1, 0.15) is 37.9 Å². The predicted octanol–water partition coefficient (Wildman–Crippen LogP) is 2.60. The predicted molar refractivity (Wildman–Crippen MR) is 84.5 cm³/mol. The van der Waals surface area contributed by atoms with Crippen molar-refractivity contribution in [1.29, 1.82) is 0 Å². The number of benzene rings is 1. The molecule has 0 spiro atoms. The normalized spacial score (nSPS) is 11.4. The molecule has 0 aliphatic heterocycles. The van der Waals surface area contributed by atoms with Crippen LogP contribution in [0, 0.1) is 5.92 Å². The molecule has 1 atom stereocenters. The maximum Gasteiger partial charge on any atom is 0.308 e. The van der Waals surface area contributed by atoms with E-state index in [1.807, 2.05) is 13.8 Å². The van der Waals surface area contributed by atoms with Crippen LogP contribution in [0.1, 0.15) is 27.2 Å². The van der Waals surface area contributed by atoms with Gasteiger partial charge in [-0.1, -0.05) is 13.8 Å². The van der Waals surface area contributed by atoms with Crippen molar-refractivity contribution in [2.75, 3.05) is 26.4 Å². The van der Waals surface area contributed by atoms with Gasteiger partial charge in [-0.15, -0.1) is 0 Å². The van der Waals surface area contributed by atoms with E-state index in [9.17, 15) is 9.59 Å². The summed E-state index contributed by atoms with van der Waals surface area (Å²) in [5, 5.41) is 0. The van der Waals surface area contributed by atoms with Crippen LogP contribution >= 0.6 is 0 Å². The quantitative estimate of drug-likeness (QED) is 0.487. The van der Waals surface area contributed by atoms with Crippen molar-refractivity contribution in [2.24, 2.45) is 5.92 Å². The Morgan fingerprint density at radius 2 is 1.39 bits per heavy atom. The Hall–Kier alpha value is -2.24. The van der Waals surface area contributed by atoms with Gasteiger partial charge < -0.3 is 18.9 Å². The monoisotopic (exact) mass is 324 g/mol. The molecule has 0 saturated carbocycles. The third-order valence-corrected chi connectivity index (χ3v) is 3.09. The number of carbonyl (C=O) groups is 2. The van der Waals surface area contributed by atoms with Gasteiger partial charge in [-0.05, 0) is 30.7 Å². The number of rotatable bonds is 10. The number of esters is 2. The SMILES string of the molecule is CCC(C)C(=O)OCCOc1ccc(OCCOC(C)=O)cc1. The molecule has 0 amide bonds. The second-order valence-electron chi connectivity index (χ2n) is 4.99. The zero-order chi connectivity index (χ0) is 17.1. The van der Waals surface area contributed by atoms with Gasteiger partial charge in [0, 0.05) is 6.92 Å². The molecule has 1 aromatic carbocycles. The first kappa shape index (κ1) is 18.8. The first-order valence-electron chi connectivity index (χ1n) is 7.68. The summed E-state index contributed by atoms with van der Waals surface area (Å²) >= 11 is 0. The van der Waals surface area contributed by atoms with Crippen molar-refractivity contribution < 1.29 is 28.5 Å². The van der Waals surface area contributed by atoms with Crippen LogP contribution in [0.25, 0.3) is 0 Å². The van der Waals surface area contributed by atoms with Gasteiger partial charge in [0.15, 0.2) is 0 Å². The van der Waals surface area contributed by atoms with Gasteiger partial charge in [0.2, 0.25) is 0 Å². The molecule has 1 unspecified atom stereocenters. The maximum absolute atomic E-state index is 11.5. The van der Waals surface area contributed by atoms with Gasteiger partial charge in [0.05, 0.1) is 5.92 Å². The summed E-state index contributed by atoms with van der Waals surface area (Å²) in [5.74, 6) is 0.710. The smallest absolute Gasteiger partial charge is 0.308 e. The molecule has 0 aromatic heterocycles. The zero-order valence-corrected chi connectivity index (χ0v) is 13.9. The molecular formula is C17H24O6. The van der Waals surface area contributed by atoms with E-state index in [0.717, 1.165) is 6.42 Å². The minimum atomic E-state index is -0.327. The van der Waals surface area contributed by atoms with Crippen molar-refractivity contribution in [3.63, 3.8) is 0 Å². The van der Waals surface area contributed by atoms with Crippen LogP contribution in [0.3, 0.4) is 0 Å². The molecule has 1 rings (SSSR count). The van der Waals surface area contributed by atoms with Crippen LogP contribution in [0.2, 0.25) is 0 Å². The van der Waals surface area contributed by atoms with E-state index in [0.29, 0.717) is 24.7 Å². The lowest BCUT2D eigenvalue weighted by Gasteiger charge is -2.11. The summed E-state index contributed by atoms with van der Waals surface area (Å²) < 4.78 is 20.7. The standard InChI is InChI=1S/C17H24O6/c1-4-13(2)17(19)23-12-11-22-16-7-5-15(6-8-16)21-10-9-20-14(3)18/h5-8,13H,4,9-12H2,1-3H3. The van der Waals surface area contributed by atoms with Gasteiger partial charge in [0.25, 0.3) is 0 Å². The Balaban J connectivity index is 2.21. The Bertz CT molecular complexity index is 482. The molecule has 0 saturated heterocycles. The highest BCUT2D eigenvalue weighted by molar-refractivity contribution is 5.71. The molecule has 6 heteroatoms. The third kappa shape index (κ3) is 8.09. The number of carbonyl (C=O) groups excluding carboxylic acids is 2. The fourth-order valence-electron chi connectivity index (χ4n) is 1.59. The second kappa shape index (κ2) is 10.5. The Morgan fingerprint density at radius 3 is 1.83 bits per heavy atom. The summed E-state index contributed by atoms with van der Waals surface area (Å²) in [7, 11) is 0. The number of hydrogen-bond acceptors (Lipinski definition) is 6. The third-order valence-electron chi connectivity index (χ3n) is 3.09. The van der Waals surface area contributed by atoms with E-state index in [2.05, 4.69) is 0 Å². The van der Waals surface area contributed by atoms with E-state index >= 15 is 0 Å². The highest BCUT2D eigenvalue weighted by Gasteiger charge is 2.11. The molecule has 0 fully saturated rings. The minimum absolute atomic E-state index is 0.0848. The molecule has 0 bridgehead atoms. The Labute approximate surface area is 136 Å². The topological polar surface area (TPSA) is 71.1 Å². The molecule has 0 N–H and O–H groups in total. The van der Waals surface area contributed by atoms with Crippen LogP contribution < -0.4 is 9.47 Å². The molecular weight excluding hydrogens is 300 g/mol. The van der Waals surface area contributed by atoms with Crippen LogP contribution in [0.5, 0.6) is 11.5 Å². The lowest BCUT2D eigenvalue weighted by atomic mass is 10.1. The molecule has 0 aliphatic carbocycles. The molecule has 23 heavy (non-hydrogen) atoms. The molecule has 0 aliphatic rings. The summed E-state index contributed by atoms with van der Waals surface area (Å²) in [6, 6.07) is 7.04. The van der Waals surface area contributed by atoms with Gasteiger partial charge >= 0.3 is 11.9 Å². The Morgan fingerprint density at radius 1 is 0.913 bits per heavy atom. The second-order valence-corrected chi connectivity index (χ2v) is 4.99. The summed E-state index contributed by atoms with van der Waals surface area (Å²) in [6.45, 7) is 6.17. The van der Waals surface area contributed by atoms with Gasteiger partial charge in [-0.25, -0.2) is 0 Å². The van der Waals surface area contributed by atoms with Crippen molar-refractivity contribution in [1.82, 2.24) is 0 Å². The lowest BCUT2D eigenvalue weighted by molar-refractivity contribution is -0.148. The Kier molecular flexibility index (Phi) is 8.57. The molecule has 128 valence electrons. The van der Waals surface area contributed by atoms with Crippen molar-refractivity contribution >= 4 is 11.9 Å². The fraction of sp³-hybridized carbons (Fsp3) is 0.529. The summed E-state index contributed by atoms with van der Waals surface area (Å²) in [4.78, 5) is 22.1. The lowest BCUT2D eigenvalue weighted by Crippen LogP contribution is -2.17. The van der Waals surface area contributed by atoms with Crippen LogP contribution in [-0.4, -0.2) is 38.4 Å². The zero-order valence-electron chi connectivity index (χ0n) is 13.9. The van der Waals surface area contributed by atoms with Crippen LogP contribution in [0.4, 0.5) is 0 Å². The highest BCUT2D eigenvalue weighted by Crippen LogP contribution is 2.17. The van der Waals surface area contributed by atoms with Crippen LogP contribution in [-0.2, 0) is 19.1 Å². The van der Waals surface area contributed by atoms with E-state index < -0.39 is 0 Å². The fourth-order valence-corrected chi connectivity index (χ4v) is 1.59.